The van der Waals surface area contributed by atoms with Crippen molar-refractivity contribution in [3.8, 4) is 0 Å². The number of carboxylic acids is 1. The molecule has 2 heterocycles. The van der Waals surface area contributed by atoms with Crippen LogP contribution in [0.1, 0.15) is 32.7 Å². The van der Waals surface area contributed by atoms with Crippen molar-refractivity contribution < 1.29 is 23.8 Å². The molecule has 5 nitrogen and oxygen atoms in total. The van der Waals surface area contributed by atoms with Crippen LogP contribution >= 0.6 is 23.1 Å². The van der Waals surface area contributed by atoms with E-state index >= 15 is 0 Å². The highest BCUT2D eigenvalue weighted by Gasteiger charge is 2.16. The molecule has 0 aromatic carbocycles. The Balaban J connectivity index is 2.02. The molecular weight excluding hydrogens is 300 g/mol. The molecule has 20 heavy (non-hydrogen) atoms. The summed E-state index contributed by atoms with van der Waals surface area (Å²) in [5.41, 5.74) is 0.410. The fourth-order valence-corrected chi connectivity index (χ4v) is 3.32. The SMILES string of the molecule is CCOC(=O)c1ccoc1CSc1csc(C(=O)O)c1. The quantitative estimate of drug-likeness (QED) is 0.650. The highest BCUT2D eigenvalue weighted by molar-refractivity contribution is 7.98. The molecular formula is C13H12O5S2. The highest BCUT2D eigenvalue weighted by atomic mass is 32.2. The van der Waals surface area contributed by atoms with E-state index in [4.69, 9.17) is 14.3 Å². The summed E-state index contributed by atoms with van der Waals surface area (Å²) in [5.74, 6) is -0.381. The fourth-order valence-electron chi connectivity index (χ4n) is 1.50. The van der Waals surface area contributed by atoms with Gasteiger partial charge in [0.25, 0.3) is 0 Å². The lowest BCUT2D eigenvalue weighted by Gasteiger charge is -2.01. The van der Waals surface area contributed by atoms with Crippen LogP contribution in [0.3, 0.4) is 0 Å². The lowest BCUT2D eigenvalue weighted by atomic mass is 10.3. The molecule has 2 rings (SSSR count). The first-order valence-corrected chi connectivity index (χ1v) is 7.66. The molecule has 0 aliphatic heterocycles. The largest absolute Gasteiger partial charge is 0.477 e. The number of carbonyl (C=O) groups is 2. The number of esters is 1. The van der Waals surface area contributed by atoms with Gasteiger partial charge in [0.1, 0.15) is 16.2 Å². The predicted molar refractivity (Wildman–Crippen MR) is 75.5 cm³/mol. The van der Waals surface area contributed by atoms with Crippen LogP contribution in [-0.4, -0.2) is 23.7 Å². The standard InChI is InChI=1S/C13H12O5S2/c1-2-17-13(16)9-3-4-18-10(9)7-19-8-5-11(12(14)15)20-6-8/h3-6H,2,7H2,1H3,(H,14,15). The van der Waals surface area contributed by atoms with Gasteiger partial charge in [0.15, 0.2) is 0 Å². The topological polar surface area (TPSA) is 76.7 Å². The molecule has 106 valence electrons. The van der Waals surface area contributed by atoms with Crippen molar-refractivity contribution in [2.75, 3.05) is 6.61 Å². The molecule has 0 amide bonds. The maximum atomic E-state index is 11.7. The number of furan rings is 1. The highest BCUT2D eigenvalue weighted by Crippen LogP contribution is 2.29. The van der Waals surface area contributed by atoms with Gasteiger partial charge in [0, 0.05) is 10.3 Å². The van der Waals surface area contributed by atoms with Crippen LogP contribution in [0.25, 0.3) is 0 Å². The summed E-state index contributed by atoms with van der Waals surface area (Å²) in [6, 6.07) is 3.18. The lowest BCUT2D eigenvalue weighted by Crippen LogP contribution is -2.05. The van der Waals surface area contributed by atoms with Crippen LogP contribution in [0, 0.1) is 0 Å². The molecule has 2 aromatic rings. The van der Waals surface area contributed by atoms with Crippen molar-refractivity contribution in [3.63, 3.8) is 0 Å². The number of ether oxygens (including phenoxy) is 1. The minimum atomic E-state index is -0.938. The maximum Gasteiger partial charge on any atom is 0.345 e. The summed E-state index contributed by atoms with van der Waals surface area (Å²) in [4.78, 5) is 23.6. The van der Waals surface area contributed by atoms with E-state index in [1.165, 1.54) is 29.4 Å². The number of thiophene rings is 1. The molecule has 0 spiro atoms. The molecule has 0 aliphatic rings. The molecule has 0 unspecified atom stereocenters. The molecule has 7 heteroatoms. The van der Waals surface area contributed by atoms with Crippen molar-refractivity contribution in [2.24, 2.45) is 0 Å². The number of hydrogen-bond donors (Lipinski definition) is 1. The second kappa shape index (κ2) is 6.62. The Morgan fingerprint density at radius 2 is 2.30 bits per heavy atom. The van der Waals surface area contributed by atoms with Crippen LogP contribution in [0.2, 0.25) is 0 Å². The third kappa shape index (κ3) is 3.43. The molecule has 0 bridgehead atoms. The normalized spacial score (nSPS) is 10.4. The number of hydrogen-bond acceptors (Lipinski definition) is 6. The average Bonchev–Trinajstić information content (AvgIpc) is 3.05. The monoisotopic (exact) mass is 312 g/mol. The average molecular weight is 312 g/mol. The van der Waals surface area contributed by atoms with E-state index in [1.54, 1.807) is 24.4 Å². The van der Waals surface area contributed by atoms with Gasteiger partial charge in [-0.05, 0) is 19.1 Å². The Bertz CT molecular complexity index is 614. The van der Waals surface area contributed by atoms with E-state index in [2.05, 4.69) is 0 Å². The van der Waals surface area contributed by atoms with E-state index in [1.807, 2.05) is 0 Å². The number of aromatic carboxylic acids is 1. The summed E-state index contributed by atoms with van der Waals surface area (Å²) in [6.07, 6.45) is 1.44. The number of thioether (sulfide) groups is 1. The Labute approximate surface area is 123 Å². The van der Waals surface area contributed by atoms with Crippen LogP contribution in [0.5, 0.6) is 0 Å². The van der Waals surface area contributed by atoms with Crippen molar-refractivity contribution in [3.05, 3.63) is 40.0 Å². The first kappa shape index (κ1) is 14.7. The molecule has 0 atom stereocenters. The third-order valence-corrected chi connectivity index (χ3v) is 4.44. The number of carboxylic acid groups (broad SMARTS) is 1. The van der Waals surface area contributed by atoms with Gasteiger partial charge in [0.05, 0.1) is 18.6 Å². The zero-order valence-corrected chi connectivity index (χ0v) is 12.3. The van der Waals surface area contributed by atoms with Crippen LogP contribution < -0.4 is 0 Å². The minimum Gasteiger partial charge on any atom is -0.477 e. The Morgan fingerprint density at radius 3 is 2.95 bits per heavy atom. The molecule has 1 N–H and O–H groups in total. The summed E-state index contributed by atoms with van der Waals surface area (Å²) < 4.78 is 10.2. The fraction of sp³-hybridized carbons (Fsp3) is 0.231. The van der Waals surface area contributed by atoms with Crippen molar-refractivity contribution in [1.29, 1.82) is 0 Å². The van der Waals surface area contributed by atoms with Crippen molar-refractivity contribution in [2.45, 2.75) is 17.6 Å². The zero-order valence-electron chi connectivity index (χ0n) is 10.6. The van der Waals surface area contributed by atoms with Gasteiger partial charge < -0.3 is 14.3 Å². The zero-order chi connectivity index (χ0) is 14.5. The Hall–Kier alpha value is -1.73. The van der Waals surface area contributed by atoms with E-state index in [0.717, 1.165) is 4.90 Å². The first-order valence-electron chi connectivity index (χ1n) is 5.80. The van der Waals surface area contributed by atoms with Crippen LogP contribution in [0.15, 0.2) is 33.1 Å². The molecule has 2 aromatic heterocycles. The number of rotatable bonds is 6. The third-order valence-electron chi connectivity index (χ3n) is 2.40. The van der Waals surface area contributed by atoms with E-state index in [9.17, 15) is 9.59 Å². The minimum absolute atomic E-state index is 0.289. The van der Waals surface area contributed by atoms with Gasteiger partial charge in [-0.1, -0.05) is 0 Å². The predicted octanol–water partition coefficient (Wildman–Crippen LogP) is 3.51. The summed E-state index contributed by atoms with van der Waals surface area (Å²) in [6.45, 7) is 2.05. The first-order chi connectivity index (χ1) is 9.61. The van der Waals surface area contributed by atoms with Gasteiger partial charge in [-0.15, -0.1) is 23.1 Å². The molecule has 0 saturated heterocycles. The Morgan fingerprint density at radius 1 is 1.50 bits per heavy atom. The van der Waals surface area contributed by atoms with Crippen LogP contribution in [-0.2, 0) is 10.5 Å². The Kier molecular flexibility index (Phi) is 4.86. The van der Waals surface area contributed by atoms with E-state index in [0.29, 0.717) is 23.7 Å². The smallest absolute Gasteiger partial charge is 0.345 e. The lowest BCUT2D eigenvalue weighted by molar-refractivity contribution is 0.0523. The summed E-state index contributed by atoms with van der Waals surface area (Å²) in [5, 5.41) is 10.6. The second-order valence-corrected chi connectivity index (χ2v) is 5.68. The summed E-state index contributed by atoms with van der Waals surface area (Å²) >= 11 is 2.58. The van der Waals surface area contributed by atoms with Gasteiger partial charge in [0.2, 0.25) is 0 Å². The van der Waals surface area contributed by atoms with E-state index in [-0.39, 0.29) is 4.88 Å². The van der Waals surface area contributed by atoms with Gasteiger partial charge in [-0.2, -0.15) is 0 Å². The summed E-state index contributed by atoms with van der Waals surface area (Å²) in [7, 11) is 0. The molecule has 0 radical (unpaired) electrons. The molecule has 0 saturated carbocycles. The maximum absolute atomic E-state index is 11.7. The van der Waals surface area contributed by atoms with Crippen LogP contribution in [0.4, 0.5) is 0 Å². The molecule has 0 aliphatic carbocycles. The van der Waals surface area contributed by atoms with Crippen molar-refractivity contribution in [1.82, 2.24) is 0 Å². The van der Waals surface area contributed by atoms with Gasteiger partial charge >= 0.3 is 11.9 Å². The molecule has 0 fully saturated rings. The van der Waals surface area contributed by atoms with E-state index < -0.39 is 11.9 Å². The van der Waals surface area contributed by atoms with Gasteiger partial charge in [-0.25, -0.2) is 9.59 Å². The van der Waals surface area contributed by atoms with Gasteiger partial charge in [-0.3, -0.25) is 0 Å². The number of carbonyl (C=O) groups excluding carboxylic acids is 1. The van der Waals surface area contributed by atoms with Crippen molar-refractivity contribution >= 4 is 35.0 Å². The second-order valence-electron chi connectivity index (χ2n) is 3.72.